The summed E-state index contributed by atoms with van der Waals surface area (Å²) in [5.74, 6) is 2.26. The molecule has 2 aromatic carbocycles. The summed E-state index contributed by atoms with van der Waals surface area (Å²) in [4.78, 5) is 2.57. The van der Waals surface area contributed by atoms with Gasteiger partial charge in [-0.1, -0.05) is 54.6 Å². The van der Waals surface area contributed by atoms with Crippen LogP contribution in [0.5, 0.6) is 0 Å². The molecule has 1 saturated carbocycles. The molecule has 2 fully saturated rings. The van der Waals surface area contributed by atoms with Gasteiger partial charge in [-0.15, -0.1) is 5.10 Å². The Bertz CT molecular complexity index is 885. The van der Waals surface area contributed by atoms with Gasteiger partial charge in [0.05, 0.1) is 0 Å². The molecule has 2 aliphatic rings. The fraction of sp³-hybridized carbons (Fsp3) is 0.435. The molecule has 2 heterocycles. The summed E-state index contributed by atoms with van der Waals surface area (Å²) in [5.41, 5.74) is 3.87. The molecule has 2 atom stereocenters. The van der Waals surface area contributed by atoms with Crippen molar-refractivity contribution in [3.05, 3.63) is 65.7 Å². The number of aromatic amines is 1. The van der Waals surface area contributed by atoms with E-state index in [0.29, 0.717) is 6.04 Å². The zero-order valence-electron chi connectivity index (χ0n) is 16.7. The molecular weight excluding hydrogens is 360 g/mol. The fourth-order valence-electron chi connectivity index (χ4n) is 4.46. The van der Waals surface area contributed by atoms with Crippen LogP contribution in [0.3, 0.4) is 0 Å². The van der Waals surface area contributed by atoms with E-state index in [1.807, 2.05) is 0 Å². The maximum absolute atomic E-state index is 3.96. The minimum Gasteiger partial charge on any atom is -0.313 e. The van der Waals surface area contributed by atoms with E-state index in [2.05, 4.69) is 85.4 Å². The van der Waals surface area contributed by atoms with Gasteiger partial charge in [-0.3, -0.25) is 4.90 Å². The van der Waals surface area contributed by atoms with Gasteiger partial charge in [0.15, 0.2) is 5.82 Å². The Hall–Kier alpha value is -2.57. The van der Waals surface area contributed by atoms with Crippen molar-refractivity contribution in [3.63, 3.8) is 0 Å². The predicted molar refractivity (Wildman–Crippen MR) is 113 cm³/mol. The number of rotatable bonds is 7. The van der Waals surface area contributed by atoms with Crippen LogP contribution < -0.4 is 5.32 Å². The lowest BCUT2D eigenvalue weighted by Gasteiger charge is -2.32. The van der Waals surface area contributed by atoms with Crippen LogP contribution in [0.2, 0.25) is 0 Å². The Morgan fingerprint density at radius 3 is 2.52 bits per heavy atom. The van der Waals surface area contributed by atoms with Crippen molar-refractivity contribution in [2.75, 3.05) is 19.6 Å². The second kappa shape index (κ2) is 8.43. The summed E-state index contributed by atoms with van der Waals surface area (Å²) >= 11 is 0. The molecule has 29 heavy (non-hydrogen) atoms. The van der Waals surface area contributed by atoms with Crippen LogP contribution in [0.1, 0.15) is 36.3 Å². The van der Waals surface area contributed by atoms with Crippen molar-refractivity contribution in [3.8, 4) is 11.4 Å². The first-order chi connectivity index (χ1) is 14.3. The zero-order valence-corrected chi connectivity index (χ0v) is 16.7. The number of likely N-dealkylation sites (tertiary alicyclic amines) is 1. The van der Waals surface area contributed by atoms with Crippen molar-refractivity contribution < 1.29 is 0 Å². The Kier molecular flexibility index (Phi) is 5.37. The molecule has 3 aromatic rings. The minimum absolute atomic E-state index is 0.688. The molecule has 2 N–H and O–H groups in total. The van der Waals surface area contributed by atoms with E-state index in [1.54, 1.807) is 0 Å². The topological polar surface area (TPSA) is 69.7 Å². The number of H-pyrrole nitrogens is 1. The first-order valence-electron chi connectivity index (χ1n) is 10.7. The van der Waals surface area contributed by atoms with Crippen molar-refractivity contribution >= 4 is 0 Å². The Balaban J connectivity index is 1.04. The van der Waals surface area contributed by atoms with Crippen LogP contribution in [0, 0.1) is 5.92 Å². The lowest BCUT2D eigenvalue weighted by Crippen LogP contribution is -2.37. The normalized spacial score (nSPS) is 22.6. The van der Waals surface area contributed by atoms with Gasteiger partial charge in [-0.25, -0.2) is 5.10 Å². The molecule has 1 aromatic heterocycles. The third-order valence-electron chi connectivity index (χ3n) is 6.37. The largest absolute Gasteiger partial charge is 0.313 e. The third-order valence-corrected chi connectivity index (χ3v) is 6.37. The SMILES string of the molecule is c1ccc([C@@H]2C[C@H]2NCC2CCN(Cc3ccc(-c4nnn[nH]4)cc3)CC2)cc1. The average Bonchev–Trinajstić information content (AvgIpc) is 3.35. The lowest BCUT2D eigenvalue weighted by molar-refractivity contribution is 0.175. The first kappa shape index (κ1) is 18.5. The third kappa shape index (κ3) is 4.54. The van der Waals surface area contributed by atoms with Gasteiger partial charge in [-0.2, -0.15) is 0 Å². The molecule has 5 rings (SSSR count). The number of hydrogen-bond donors (Lipinski definition) is 2. The van der Waals surface area contributed by atoms with E-state index in [4.69, 9.17) is 0 Å². The fourth-order valence-corrected chi connectivity index (χ4v) is 4.46. The summed E-state index contributed by atoms with van der Waals surface area (Å²) in [6, 6.07) is 20.2. The molecule has 0 bridgehead atoms. The Labute approximate surface area is 171 Å². The average molecular weight is 389 g/mol. The molecule has 1 saturated heterocycles. The van der Waals surface area contributed by atoms with E-state index in [0.717, 1.165) is 29.8 Å². The van der Waals surface area contributed by atoms with Crippen molar-refractivity contribution in [2.24, 2.45) is 5.92 Å². The number of nitrogens with zero attached hydrogens (tertiary/aromatic N) is 4. The second-order valence-corrected chi connectivity index (χ2v) is 8.43. The lowest BCUT2D eigenvalue weighted by atomic mass is 9.96. The van der Waals surface area contributed by atoms with Crippen molar-refractivity contribution in [1.82, 2.24) is 30.8 Å². The minimum atomic E-state index is 0.688. The predicted octanol–water partition coefficient (Wildman–Crippen LogP) is 3.22. The maximum Gasteiger partial charge on any atom is 0.179 e. The standard InChI is InChI=1S/C23H28N6/c1-2-4-19(5-3-1)21-14-22(21)24-15-17-10-12-29(13-11-17)16-18-6-8-20(9-7-18)23-25-27-28-26-23/h1-9,17,21-22,24H,10-16H2,(H,25,26,27,28)/t21-,22+/m0/s1. The van der Waals surface area contributed by atoms with Gasteiger partial charge in [0.25, 0.3) is 0 Å². The van der Waals surface area contributed by atoms with Crippen LogP contribution in [0.4, 0.5) is 0 Å². The Morgan fingerprint density at radius 1 is 1.00 bits per heavy atom. The smallest absolute Gasteiger partial charge is 0.179 e. The molecule has 0 amide bonds. The summed E-state index contributed by atoms with van der Waals surface area (Å²) in [7, 11) is 0. The number of tetrazole rings is 1. The van der Waals surface area contributed by atoms with Crippen LogP contribution in [0.25, 0.3) is 11.4 Å². The zero-order chi connectivity index (χ0) is 19.5. The van der Waals surface area contributed by atoms with Gasteiger partial charge < -0.3 is 5.32 Å². The Morgan fingerprint density at radius 2 is 1.79 bits per heavy atom. The molecule has 1 aliphatic heterocycles. The molecule has 1 aliphatic carbocycles. The van der Waals surface area contributed by atoms with E-state index in [1.165, 1.54) is 50.0 Å². The molecule has 0 unspecified atom stereocenters. The van der Waals surface area contributed by atoms with Gasteiger partial charge in [-0.05, 0) is 66.4 Å². The molecule has 0 spiro atoms. The first-order valence-corrected chi connectivity index (χ1v) is 10.7. The molecule has 6 nitrogen and oxygen atoms in total. The number of piperidine rings is 1. The van der Waals surface area contributed by atoms with Crippen LogP contribution in [-0.2, 0) is 6.54 Å². The van der Waals surface area contributed by atoms with Gasteiger partial charge in [0.2, 0.25) is 0 Å². The van der Waals surface area contributed by atoms with Gasteiger partial charge >= 0.3 is 0 Å². The second-order valence-electron chi connectivity index (χ2n) is 8.43. The van der Waals surface area contributed by atoms with Crippen LogP contribution >= 0.6 is 0 Å². The van der Waals surface area contributed by atoms with E-state index < -0.39 is 0 Å². The highest BCUT2D eigenvalue weighted by atomic mass is 15.5. The molecular formula is C23H28N6. The molecule has 0 radical (unpaired) electrons. The quantitative estimate of drug-likeness (QED) is 0.650. The highest BCUT2D eigenvalue weighted by Crippen LogP contribution is 2.40. The van der Waals surface area contributed by atoms with E-state index in [9.17, 15) is 0 Å². The summed E-state index contributed by atoms with van der Waals surface area (Å²) in [5, 5.41) is 17.9. The van der Waals surface area contributed by atoms with E-state index in [-0.39, 0.29) is 0 Å². The molecule has 6 heteroatoms. The van der Waals surface area contributed by atoms with Crippen LogP contribution in [-0.4, -0.2) is 51.2 Å². The number of aromatic nitrogens is 4. The molecule has 150 valence electrons. The van der Waals surface area contributed by atoms with Gasteiger partial charge in [0.1, 0.15) is 0 Å². The van der Waals surface area contributed by atoms with Crippen LogP contribution in [0.15, 0.2) is 54.6 Å². The highest BCUT2D eigenvalue weighted by molar-refractivity contribution is 5.54. The number of hydrogen-bond acceptors (Lipinski definition) is 5. The summed E-state index contributed by atoms with van der Waals surface area (Å²) < 4.78 is 0. The number of nitrogens with one attached hydrogen (secondary N) is 2. The van der Waals surface area contributed by atoms with Crippen molar-refractivity contribution in [2.45, 2.75) is 37.8 Å². The number of benzene rings is 2. The highest BCUT2D eigenvalue weighted by Gasteiger charge is 2.38. The van der Waals surface area contributed by atoms with Crippen molar-refractivity contribution in [1.29, 1.82) is 0 Å². The van der Waals surface area contributed by atoms with E-state index >= 15 is 0 Å². The maximum atomic E-state index is 3.96. The van der Waals surface area contributed by atoms with Gasteiger partial charge in [0, 0.05) is 24.1 Å². The summed E-state index contributed by atoms with van der Waals surface area (Å²) in [6.07, 6.45) is 3.87. The monoisotopic (exact) mass is 388 g/mol. The summed E-state index contributed by atoms with van der Waals surface area (Å²) in [6.45, 7) is 4.56.